The second-order valence-electron chi connectivity index (χ2n) is 11.9. The minimum atomic E-state index is -0.709. The molecule has 3 aromatic heterocycles. The van der Waals surface area contributed by atoms with E-state index >= 15 is 0 Å². The summed E-state index contributed by atoms with van der Waals surface area (Å²) in [7, 11) is 0. The average Bonchev–Trinajstić information content (AvgIpc) is 3.48. The van der Waals surface area contributed by atoms with Crippen LogP contribution in [-0.4, -0.2) is 73.3 Å². The molecule has 10 heteroatoms. The van der Waals surface area contributed by atoms with Crippen LogP contribution < -0.4 is 10.6 Å². The van der Waals surface area contributed by atoms with Gasteiger partial charge in [-0.25, -0.2) is 4.98 Å². The predicted molar refractivity (Wildman–Crippen MR) is 139 cm³/mol. The first-order chi connectivity index (χ1) is 18.0. The van der Waals surface area contributed by atoms with Gasteiger partial charge in [0.2, 0.25) is 0 Å². The zero-order valence-corrected chi connectivity index (χ0v) is 21.1. The summed E-state index contributed by atoms with van der Waals surface area (Å²) < 4.78 is 2.08. The van der Waals surface area contributed by atoms with Crippen LogP contribution in [-0.2, 0) is 9.59 Å². The van der Waals surface area contributed by atoms with Gasteiger partial charge in [-0.15, -0.1) is 0 Å². The quantitative estimate of drug-likeness (QED) is 0.395. The fourth-order valence-electron chi connectivity index (χ4n) is 8.04. The lowest BCUT2D eigenvalue weighted by Crippen LogP contribution is -2.55. The zero-order chi connectivity index (χ0) is 25.1. The summed E-state index contributed by atoms with van der Waals surface area (Å²) in [4.78, 5) is 35.5. The van der Waals surface area contributed by atoms with Gasteiger partial charge in [0.15, 0.2) is 5.82 Å². The van der Waals surface area contributed by atoms with E-state index in [1.165, 1.54) is 19.3 Å². The Hall–Kier alpha value is -2.98. The Balaban J connectivity index is 1.15. The molecule has 5 atom stereocenters. The number of likely N-dealkylation sites (tertiary alicyclic amines) is 1. The number of carbonyl (C=O) groups excluding carboxylic acids is 2. The standard InChI is InChI=1S/C27H35N7O3/c35-25(29-6-9-33-7-2-1-3-8-33)26(36)31-24-20-15-30-23-19(4-5-28-23)22(20)34(32-24)21-17-10-16-11-18(21)14-27(37,12-16)13-17/h4-5,15-18,21,37H,1-3,6-14H2,(H,28,30)(H,29,35)(H,31,32,36)/t16?,17-,18+,21+,27-. The number of rotatable bonds is 5. The van der Waals surface area contributed by atoms with Gasteiger partial charge in [-0.05, 0) is 81.9 Å². The third-order valence-electron chi connectivity index (χ3n) is 9.32. The number of aliphatic hydroxyl groups is 1. The van der Waals surface area contributed by atoms with Crippen LogP contribution in [0.1, 0.15) is 57.4 Å². The molecule has 2 amide bonds. The third-order valence-corrected chi connectivity index (χ3v) is 9.32. The van der Waals surface area contributed by atoms with Crippen LogP contribution in [0.3, 0.4) is 0 Å². The maximum absolute atomic E-state index is 12.9. The Morgan fingerprint density at radius 2 is 1.86 bits per heavy atom. The molecule has 5 fully saturated rings. The van der Waals surface area contributed by atoms with Gasteiger partial charge in [-0.3, -0.25) is 14.3 Å². The number of aromatic nitrogens is 4. The maximum atomic E-state index is 12.9. The molecule has 3 aromatic rings. The molecule has 4 N–H and O–H groups in total. The number of carbonyl (C=O) groups is 2. The van der Waals surface area contributed by atoms with E-state index in [2.05, 4.69) is 30.2 Å². The number of anilines is 1. The van der Waals surface area contributed by atoms with E-state index in [1.807, 2.05) is 12.3 Å². The van der Waals surface area contributed by atoms with Crippen LogP contribution >= 0.6 is 0 Å². The smallest absolute Gasteiger partial charge is 0.314 e. The summed E-state index contributed by atoms with van der Waals surface area (Å²) in [6.45, 7) is 3.30. The number of pyridine rings is 1. The van der Waals surface area contributed by atoms with Crippen molar-refractivity contribution >= 4 is 39.6 Å². The van der Waals surface area contributed by atoms with Gasteiger partial charge in [-0.2, -0.15) is 5.10 Å². The van der Waals surface area contributed by atoms with Crippen molar-refractivity contribution in [3.05, 3.63) is 18.5 Å². The Morgan fingerprint density at radius 1 is 1.08 bits per heavy atom. The number of piperidine rings is 1. The molecule has 1 aliphatic heterocycles. The zero-order valence-electron chi connectivity index (χ0n) is 21.1. The van der Waals surface area contributed by atoms with Crippen LogP contribution in [0.4, 0.5) is 5.82 Å². The fourth-order valence-corrected chi connectivity index (χ4v) is 8.04. The van der Waals surface area contributed by atoms with Gasteiger partial charge in [0.05, 0.1) is 22.5 Å². The fraction of sp³-hybridized carbons (Fsp3) is 0.630. The van der Waals surface area contributed by atoms with Crippen LogP contribution in [0.15, 0.2) is 18.5 Å². The number of fused-ring (bicyclic) bond motifs is 3. The molecular formula is C27H35N7O3. The Kier molecular flexibility index (Phi) is 5.51. The van der Waals surface area contributed by atoms with Crippen LogP contribution in [0.25, 0.3) is 21.9 Å². The lowest BCUT2D eigenvalue weighted by molar-refractivity contribution is -0.148. The lowest BCUT2D eigenvalue weighted by atomic mass is 9.52. The molecule has 8 rings (SSSR count). The Morgan fingerprint density at radius 3 is 2.62 bits per heavy atom. The van der Waals surface area contributed by atoms with Crippen molar-refractivity contribution in [3.8, 4) is 0 Å². The van der Waals surface area contributed by atoms with Crippen LogP contribution in [0, 0.1) is 17.8 Å². The molecule has 37 heavy (non-hydrogen) atoms. The molecule has 4 aliphatic carbocycles. The maximum Gasteiger partial charge on any atom is 0.314 e. The summed E-state index contributed by atoms with van der Waals surface area (Å²) in [6.07, 6.45) is 12.0. The molecule has 1 saturated heterocycles. The summed E-state index contributed by atoms with van der Waals surface area (Å²) >= 11 is 0. The van der Waals surface area contributed by atoms with Gasteiger partial charge < -0.3 is 25.6 Å². The monoisotopic (exact) mass is 505 g/mol. The minimum absolute atomic E-state index is 0.156. The Bertz CT molecular complexity index is 1340. The number of H-pyrrole nitrogens is 1. The number of amides is 2. The molecule has 196 valence electrons. The van der Waals surface area contributed by atoms with E-state index in [-0.39, 0.29) is 6.04 Å². The van der Waals surface area contributed by atoms with E-state index in [0.29, 0.717) is 30.1 Å². The first kappa shape index (κ1) is 23.2. The van der Waals surface area contributed by atoms with Crippen molar-refractivity contribution < 1.29 is 14.7 Å². The van der Waals surface area contributed by atoms with Gasteiger partial charge in [-0.1, -0.05) is 6.42 Å². The number of hydrogen-bond donors (Lipinski definition) is 4. The topological polar surface area (TPSA) is 128 Å². The van der Waals surface area contributed by atoms with Gasteiger partial charge >= 0.3 is 11.8 Å². The molecule has 4 saturated carbocycles. The van der Waals surface area contributed by atoms with Gasteiger partial charge in [0.25, 0.3) is 0 Å². The Labute approximate surface area is 215 Å². The third kappa shape index (κ3) is 4.01. The van der Waals surface area contributed by atoms with Gasteiger partial charge in [0, 0.05) is 30.9 Å². The second kappa shape index (κ2) is 8.80. The number of nitrogens with one attached hydrogen (secondary N) is 3. The molecule has 4 heterocycles. The molecule has 0 radical (unpaired) electrons. The summed E-state index contributed by atoms with van der Waals surface area (Å²) in [6, 6.07) is 2.15. The molecule has 1 unspecified atom stereocenters. The van der Waals surface area contributed by atoms with Crippen molar-refractivity contribution in [2.45, 2.75) is 63.0 Å². The average molecular weight is 506 g/mol. The molecule has 5 aliphatic rings. The minimum Gasteiger partial charge on any atom is -0.390 e. The lowest BCUT2D eigenvalue weighted by Gasteiger charge is -2.57. The number of hydrogen-bond acceptors (Lipinski definition) is 6. The van der Waals surface area contributed by atoms with E-state index in [1.54, 1.807) is 6.20 Å². The SMILES string of the molecule is O=C(NCCN1CCCCC1)C(=O)Nc1nn([C@H]2[C@@H]3CC4C[C@H]2C[C@@](O)(C4)C3)c2c1cnc1[nH]ccc12. The van der Waals surface area contributed by atoms with Crippen molar-refractivity contribution in [1.29, 1.82) is 0 Å². The molecule has 10 nitrogen and oxygen atoms in total. The van der Waals surface area contributed by atoms with Crippen LogP contribution in [0.5, 0.6) is 0 Å². The largest absolute Gasteiger partial charge is 0.390 e. The molecule has 0 aromatic carbocycles. The molecular weight excluding hydrogens is 470 g/mol. The molecule has 0 spiro atoms. The predicted octanol–water partition coefficient (Wildman–Crippen LogP) is 2.57. The van der Waals surface area contributed by atoms with Crippen molar-refractivity contribution in [2.75, 3.05) is 31.5 Å². The first-order valence-corrected chi connectivity index (χ1v) is 13.9. The van der Waals surface area contributed by atoms with E-state index < -0.39 is 17.4 Å². The summed E-state index contributed by atoms with van der Waals surface area (Å²) in [5.41, 5.74) is 1.16. The van der Waals surface area contributed by atoms with Crippen molar-refractivity contribution in [2.24, 2.45) is 17.8 Å². The van der Waals surface area contributed by atoms with Crippen molar-refractivity contribution in [3.63, 3.8) is 0 Å². The molecule has 4 bridgehead atoms. The van der Waals surface area contributed by atoms with E-state index in [9.17, 15) is 14.7 Å². The van der Waals surface area contributed by atoms with E-state index in [4.69, 9.17) is 5.10 Å². The summed E-state index contributed by atoms with van der Waals surface area (Å²) in [5.74, 6) is 0.300. The summed E-state index contributed by atoms with van der Waals surface area (Å²) in [5, 5.41) is 23.3. The van der Waals surface area contributed by atoms with Gasteiger partial charge in [0.1, 0.15) is 5.65 Å². The van der Waals surface area contributed by atoms with Crippen LogP contribution in [0.2, 0.25) is 0 Å². The number of nitrogens with zero attached hydrogens (tertiary/aromatic N) is 4. The second-order valence-corrected chi connectivity index (χ2v) is 11.9. The number of aromatic amines is 1. The van der Waals surface area contributed by atoms with Crippen molar-refractivity contribution in [1.82, 2.24) is 30.0 Å². The highest BCUT2D eigenvalue weighted by Gasteiger charge is 2.55. The van der Waals surface area contributed by atoms with E-state index in [0.717, 1.165) is 73.7 Å². The normalized spacial score (nSPS) is 31.3. The highest BCUT2D eigenvalue weighted by Crippen LogP contribution is 2.60. The highest BCUT2D eigenvalue weighted by molar-refractivity contribution is 6.40. The highest BCUT2D eigenvalue weighted by atomic mass is 16.3. The first-order valence-electron chi connectivity index (χ1n) is 13.9.